The molecule has 96 valence electrons. The molecule has 4 heteroatoms. The van der Waals surface area contributed by atoms with Crippen LogP contribution in [0.4, 0.5) is 0 Å². The van der Waals surface area contributed by atoms with Crippen molar-refractivity contribution in [3.63, 3.8) is 0 Å². The Hall–Kier alpha value is -1.13. The van der Waals surface area contributed by atoms with Crippen molar-refractivity contribution < 1.29 is 9.53 Å². The number of rotatable bonds is 1. The Morgan fingerprint density at radius 3 is 2.47 bits per heavy atom. The molecule has 2 aromatic rings. The van der Waals surface area contributed by atoms with Crippen LogP contribution < -0.4 is 4.74 Å². The summed E-state index contributed by atoms with van der Waals surface area (Å²) in [4.78, 5) is 11.6. The third-order valence-electron chi connectivity index (χ3n) is 3.27. The molecule has 1 heterocycles. The Labute approximate surface area is 128 Å². The van der Waals surface area contributed by atoms with Gasteiger partial charge < -0.3 is 9.53 Å². The van der Waals surface area contributed by atoms with E-state index in [1.165, 1.54) is 0 Å². The summed E-state index contributed by atoms with van der Waals surface area (Å²) in [6, 6.07) is 11.7. The van der Waals surface area contributed by atoms with Crippen molar-refractivity contribution in [3.8, 4) is 5.75 Å². The topological polar surface area (TPSA) is 26.3 Å². The number of halogens is 2. The fraction of sp³-hybridized carbons (Fsp3) is 0.133. The molecule has 2 nitrogen and oxygen atoms in total. The van der Waals surface area contributed by atoms with Gasteiger partial charge in [-0.15, -0.1) is 0 Å². The summed E-state index contributed by atoms with van der Waals surface area (Å²) in [5.74, 6) is 0.482. The number of carbonyl (C=O) groups excluding carboxylic acids is 1. The Kier molecular flexibility index (Phi) is 3.46. The van der Waals surface area contributed by atoms with Gasteiger partial charge in [-0.2, -0.15) is 0 Å². The Bertz CT molecular complexity index is 599. The molecule has 0 saturated carbocycles. The summed E-state index contributed by atoms with van der Waals surface area (Å²) < 4.78 is 7.72. The molecule has 3 rings (SSSR count). The molecule has 0 bridgehead atoms. The van der Waals surface area contributed by atoms with Gasteiger partial charge in [-0.25, -0.2) is 0 Å². The van der Waals surface area contributed by atoms with Crippen LogP contribution in [-0.4, -0.2) is 6.29 Å². The van der Waals surface area contributed by atoms with Gasteiger partial charge in [0.25, 0.3) is 0 Å². The van der Waals surface area contributed by atoms with E-state index in [2.05, 4.69) is 31.9 Å². The van der Waals surface area contributed by atoms with Crippen LogP contribution >= 0.6 is 31.9 Å². The van der Waals surface area contributed by atoms with Gasteiger partial charge >= 0.3 is 0 Å². The molecule has 0 fully saturated rings. The maximum Gasteiger partial charge on any atom is 0.132 e. The zero-order chi connectivity index (χ0) is 13.4. The summed E-state index contributed by atoms with van der Waals surface area (Å²) in [5, 5.41) is 0. The van der Waals surface area contributed by atoms with Crippen molar-refractivity contribution in [1.82, 2.24) is 0 Å². The summed E-state index contributed by atoms with van der Waals surface area (Å²) in [7, 11) is 0. The maximum atomic E-state index is 11.6. The molecule has 0 aliphatic carbocycles. The summed E-state index contributed by atoms with van der Waals surface area (Å²) in [6.07, 6.45) is 0.977. The molecule has 0 unspecified atom stereocenters. The van der Waals surface area contributed by atoms with E-state index in [-0.39, 0.29) is 5.92 Å². The smallest absolute Gasteiger partial charge is 0.132 e. The van der Waals surface area contributed by atoms with Crippen molar-refractivity contribution in [2.75, 3.05) is 0 Å². The molecule has 0 saturated heterocycles. The molecule has 1 aliphatic rings. The van der Waals surface area contributed by atoms with Gasteiger partial charge in [-0.1, -0.05) is 37.9 Å². The van der Waals surface area contributed by atoms with E-state index in [9.17, 15) is 4.79 Å². The van der Waals surface area contributed by atoms with E-state index >= 15 is 0 Å². The second kappa shape index (κ2) is 5.10. The van der Waals surface area contributed by atoms with Crippen molar-refractivity contribution in [2.45, 2.75) is 12.5 Å². The number of fused-ring (bicyclic) bond motifs is 2. The number of aldehydes is 1. The maximum absolute atomic E-state index is 11.6. The minimum absolute atomic E-state index is 0.289. The van der Waals surface area contributed by atoms with Crippen LogP contribution in [0.1, 0.15) is 22.6 Å². The monoisotopic (exact) mass is 380 g/mol. The highest BCUT2D eigenvalue weighted by Gasteiger charge is 2.24. The van der Waals surface area contributed by atoms with Crippen LogP contribution in [0.15, 0.2) is 45.3 Å². The van der Waals surface area contributed by atoms with Crippen LogP contribution in [0.3, 0.4) is 0 Å². The predicted molar refractivity (Wildman–Crippen MR) is 80.5 cm³/mol. The fourth-order valence-corrected chi connectivity index (χ4v) is 3.11. The Morgan fingerprint density at radius 2 is 1.74 bits per heavy atom. The molecule has 0 amide bonds. The van der Waals surface area contributed by atoms with Crippen LogP contribution in [0.25, 0.3) is 0 Å². The highest BCUT2D eigenvalue weighted by atomic mass is 79.9. The average Bonchev–Trinajstić information content (AvgIpc) is 2.54. The summed E-state index contributed by atoms with van der Waals surface area (Å²) in [6.45, 7) is 0.488. The lowest BCUT2D eigenvalue weighted by Crippen LogP contribution is -2.04. The van der Waals surface area contributed by atoms with E-state index in [0.29, 0.717) is 6.61 Å². The first-order valence-corrected chi connectivity index (χ1v) is 7.43. The largest absolute Gasteiger partial charge is 0.489 e. The van der Waals surface area contributed by atoms with Gasteiger partial charge in [0.2, 0.25) is 0 Å². The Morgan fingerprint density at radius 1 is 1.05 bits per heavy atom. The van der Waals surface area contributed by atoms with Gasteiger partial charge in [0.05, 0.1) is 5.92 Å². The van der Waals surface area contributed by atoms with E-state index in [4.69, 9.17) is 4.74 Å². The van der Waals surface area contributed by atoms with Gasteiger partial charge in [-0.05, 0) is 41.5 Å². The standard InChI is InChI=1S/C15H10Br2O2/c16-10-2-1-9-8-19-15-4-3-11(17)6-13(15)14(7-18)12(9)5-10/h1-7,14H,8H2/t14-/m0/s1. The second-order valence-corrected chi connectivity index (χ2v) is 6.26. The zero-order valence-corrected chi connectivity index (χ0v) is 13.1. The van der Waals surface area contributed by atoms with Crippen molar-refractivity contribution in [3.05, 3.63) is 62.0 Å². The number of benzene rings is 2. The summed E-state index contributed by atoms with van der Waals surface area (Å²) in [5.41, 5.74) is 2.95. The zero-order valence-electron chi connectivity index (χ0n) is 9.90. The van der Waals surface area contributed by atoms with Gasteiger partial charge in [0.15, 0.2) is 0 Å². The lowest BCUT2D eigenvalue weighted by molar-refractivity contribution is -0.108. The SMILES string of the molecule is O=C[C@H]1c2cc(Br)ccc2COc2ccc(Br)cc21. The first-order chi connectivity index (χ1) is 9.19. The van der Waals surface area contributed by atoms with Crippen LogP contribution in [-0.2, 0) is 11.4 Å². The van der Waals surface area contributed by atoms with Gasteiger partial charge in [0, 0.05) is 14.5 Å². The first-order valence-electron chi connectivity index (χ1n) is 5.85. The van der Waals surface area contributed by atoms with Crippen LogP contribution in [0.2, 0.25) is 0 Å². The molecule has 2 aromatic carbocycles. The summed E-state index contributed by atoms with van der Waals surface area (Å²) >= 11 is 6.91. The average molecular weight is 382 g/mol. The van der Waals surface area contributed by atoms with E-state index in [1.807, 2.05) is 36.4 Å². The number of ether oxygens (including phenoxy) is 1. The first kappa shape index (κ1) is 12.9. The molecular formula is C15H10Br2O2. The molecule has 1 atom stereocenters. The van der Waals surface area contributed by atoms with E-state index < -0.39 is 0 Å². The van der Waals surface area contributed by atoms with Crippen molar-refractivity contribution in [2.24, 2.45) is 0 Å². The lowest BCUT2D eigenvalue weighted by Gasteiger charge is -2.13. The molecule has 0 N–H and O–H groups in total. The Balaban J connectivity index is 2.23. The predicted octanol–water partition coefficient (Wildman–Crippen LogP) is 4.43. The molecule has 0 aromatic heterocycles. The molecule has 1 aliphatic heterocycles. The number of hydrogen-bond donors (Lipinski definition) is 0. The molecular weight excluding hydrogens is 372 g/mol. The normalized spacial score (nSPS) is 16.8. The van der Waals surface area contributed by atoms with E-state index in [1.54, 1.807) is 0 Å². The fourth-order valence-electron chi connectivity index (χ4n) is 2.35. The minimum Gasteiger partial charge on any atom is -0.489 e. The molecule has 19 heavy (non-hydrogen) atoms. The van der Waals surface area contributed by atoms with Crippen molar-refractivity contribution in [1.29, 1.82) is 0 Å². The number of hydrogen-bond acceptors (Lipinski definition) is 2. The third-order valence-corrected chi connectivity index (χ3v) is 4.26. The number of carbonyl (C=O) groups is 1. The second-order valence-electron chi connectivity index (χ2n) is 4.43. The van der Waals surface area contributed by atoms with Gasteiger partial charge in [0.1, 0.15) is 18.6 Å². The molecule has 0 spiro atoms. The van der Waals surface area contributed by atoms with Crippen LogP contribution in [0.5, 0.6) is 5.75 Å². The van der Waals surface area contributed by atoms with Gasteiger partial charge in [-0.3, -0.25) is 0 Å². The van der Waals surface area contributed by atoms with Crippen molar-refractivity contribution >= 4 is 38.1 Å². The van der Waals surface area contributed by atoms with Crippen LogP contribution in [0, 0.1) is 0 Å². The quantitative estimate of drug-likeness (QED) is 0.683. The highest BCUT2D eigenvalue weighted by Crippen LogP contribution is 2.38. The van der Waals surface area contributed by atoms with E-state index in [0.717, 1.165) is 37.7 Å². The lowest BCUT2D eigenvalue weighted by atomic mass is 9.90. The minimum atomic E-state index is -0.289. The highest BCUT2D eigenvalue weighted by molar-refractivity contribution is 9.10. The third kappa shape index (κ3) is 2.35. The molecule has 0 radical (unpaired) electrons.